The molecule has 3 fully saturated rings. The Morgan fingerprint density at radius 3 is 2.12 bits per heavy atom. The van der Waals surface area contributed by atoms with E-state index in [1.807, 2.05) is 0 Å². The van der Waals surface area contributed by atoms with E-state index in [2.05, 4.69) is 10.2 Å². The molecule has 2 aliphatic carbocycles. The third kappa shape index (κ3) is 3.36. The Balaban J connectivity index is 0.00000108. The van der Waals surface area contributed by atoms with Crippen LogP contribution in [0.5, 0.6) is 0 Å². The first-order chi connectivity index (χ1) is 7.92. The van der Waals surface area contributed by atoms with Crippen LogP contribution in [-0.4, -0.2) is 36.1 Å². The SMILES string of the molecule is C1CCC(NC2CCN(C3CCCC3)C2)C1.Cl. The van der Waals surface area contributed by atoms with Crippen LogP contribution in [-0.2, 0) is 0 Å². The summed E-state index contributed by atoms with van der Waals surface area (Å²) in [5, 5.41) is 3.89. The van der Waals surface area contributed by atoms with Crippen LogP contribution in [0.3, 0.4) is 0 Å². The highest BCUT2D eigenvalue weighted by atomic mass is 35.5. The third-order valence-electron chi connectivity index (χ3n) is 4.89. The smallest absolute Gasteiger partial charge is 0.0209 e. The fourth-order valence-electron chi connectivity index (χ4n) is 3.95. The summed E-state index contributed by atoms with van der Waals surface area (Å²) in [6, 6.07) is 2.60. The minimum Gasteiger partial charge on any atom is -0.310 e. The molecule has 1 N–H and O–H groups in total. The minimum atomic E-state index is 0. The summed E-state index contributed by atoms with van der Waals surface area (Å²) in [5.41, 5.74) is 0. The molecule has 0 spiro atoms. The van der Waals surface area contributed by atoms with E-state index < -0.39 is 0 Å². The van der Waals surface area contributed by atoms with E-state index in [1.54, 1.807) is 0 Å². The van der Waals surface area contributed by atoms with Gasteiger partial charge in [-0.1, -0.05) is 25.7 Å². The van der Waals surface area contributed by atoms with Gasteiger partial charge < -0.3 is 5.32 Å². The summed E-state index contributed by atoms with van der Waals surface area (Å²) < 4.78 is 0. The average Bonchev–Trinajstić information content (AvgIpc) is 2.99. The highest BCUT2D eigenvalue weighted by Crippen LogP contribution is 2.27. The largest absolute Gasteiger partial charge is 0.310 e. The van der Waals surface area contributed by atoms with Crippen molar-refractivity contribution in [2.45, 2.75) is 75.9 Å². The summed E-state index contributed by atoms with van der Waals surface area (Å²) in [4.78, 5) is 2.76. The molecule has 100 valence electrons. The third-order valence-corrected chi connectivity index (χ3v) is 4.89. The Morgan fingerprint density at radius 1 is 0.765 bits per heavy atom. The molecule has 3 aliphatic rings. The summed E-state index contributed by atoms with van der Waals surface area (Å²) in [6.45, 7) is 2.69. The zero-order chi connectivity index (χ0) is 10.8. The molecular weight excluding hydrogens is 232 g/mol. The van der Waals surface area contributed by atoms with E-state index in [4.69, 9.17) is 0 Å². The lowest BCUT2D eigenvalue weighted by molar-refractivity contribution is 0.238. The van der Waals surface area contributed by atoms with E-state index in [1.165, 1.54) is 70.9 Å². The van der Waals surface area contributed by atoms with E-state index in [0.717, 1.165) is 18.1 Å². The van der Waals surface area contributed by atoms with Gasteiger partial charge in [-0.2, -0.15) is 0 Å². The average molecular weight is 259 g/mol. The van der Waals surface area contributed by atoms with Gasteiger partial charge in [0.1, 0.15) is 0 Å². The van der Waals surface area contributed by atoms with Crippen LogP contribution in [0.1, 0.15) is 57.8 Å². The second-order valence-electron chi connectivity index (χ2n) is 6.07. The van der Waals surface area contributed by atoms with Crippen molar-refractivity contribution in [3.8, 4) is 0 Å². The van der Waals surface area contributed by atoms with Gasteiger partial charge in [-0.25, -0.2) is 0 Å². The quantitative estimate of drug-likeness (QED) is 0.837. The molecule has 0 bridgehead atoms. The fourth-order valence-corrected chi connectivity index (χ4v) is 3.95. The molecule has 1 atom stereocenters. The number of likely N-dealkylation sites (tertiary alicyclic amines) is 1. The van der Waals surface area contributed by atoms with E-state index in [9.17, 15) is 0 Å². The molecule has 1 unspecified atom stereocenters. The van der Waals surface area contributed by atoms with Gasteiger partial charge in [0.25, 0.3) is 0 Å². The number of nitrogens with zero attached hydrogens (tertiary/aromatic N) is 1. The topological polar surface area (TPSA) is 15.3 Å². The predicted octanol–water partition coefficient (Wildman–Crippen LogP) is 2.96. The Morgan fingerprint density at radius 2 is 1.41 bits per heavy atom. The number of hydrogen-bond donors (Lipinski definition) is 1. The number of halogens is 1. The molecule has 0 aromatic rings. The van der Waals surface area contributed by atoms with Gasteiger partial charge in [0.05, 0.1) is 0 Å². The number of hydrogen-bond acceptors (Lipinski definition) is 2. The minimum absolute atomic E-state index is 0. The van der Waals surface area contributed by atoms with E-state index in [0.29, 0.717) is 0 Å². The molecule has 1 aliphatic heterocycles. The molecule has 0 radical (unpaired) electrons. The molecule has 2 nitrogen and oxygen atoms in total. The van der Waals surface area contributed by atoms with Gasteiger partial charge in [0.2, 0.25) is 0 Å². The lowest BCUT2D eigenvalue weighted by Gasteiger charge is -2.24. The highest BCUT2D eigenvalue weighted by molar-refractivity contribution is 5.85. The molecule has 1 heterocycles. The fraction of sp³-hybridized carbons (Fsp3) is 1.00. The van der Waals surface area contributed by atoms with Gasteiger partial charge in [0.15, 0.2) is 0 Å². The Kier molecular flexibility index (Phi) is 5.13. The maximum absolute atomic E-state index is 3.89. The second-order valence-corrected chi connectivity index (χ2v) is 6.07. The van der Waals surface area contributed by atoms with Crippen LogP contribution in [0.15, 0.2) is 0 Å². The molecule has 17 heavy (non-hydrogen) atoms. The first kappa shape index (κ1) is 13.6. The van der Waals surface area contributed by atoms with Gasteiger partial charge in [0, 0.05) is 31.2 Å². The normalized spacial score (nSPS) is 32.1. The van der Waals surface area contributed by atoms with Crippen LogP contribution >= 0.6 is 12.4 Å². The summed E-state index contributed by atoms with van der Waals surface area (Å²) in [5.74, 6) is 0. The van der Waals surface area contributed by atoms with Crippen LogP contribution in [0.2, 0.25) is 0 Å². The van der Waals surface area contributed by atoms with Gasteiger partial charge in [-0.05, 0) is 32.1 Å². The van der Waals surface area contributed by atoms with Crippen molar-refractivity contribution in [1.82, 2.24) is 10.2 Å². The van der Waals surface area contributed by atoms with Crippen LogP contribution in [0.4, 0.5) is 0 Å². The van der Waals surface area contributed by atoms with E-state index >= 15 is 0 Å². The van der Waals surface area contributed by atoms with Crippen molar-refractivity contribution in [1.29, 1.82) is 0 Å². The lowest BCUT2D eigenvalue weighted by Crippen LogP contribution is -2.40. The molecule has 2 saturated carbocycles. The summed E-state index contributed by atoms with van der Waals surface area (Å²) in [6.07, 6.45) is 13.1. The molecule has 0 aromatic carbocycles. The van der Waals surface area contributed by atoms with Crippen molar-refractivity contribution in [3.05, 3.63) is 0 Å². The maximum atomic E-state index is 3.89. The maximum Gasteiger partial charge on any atom is 0.0209 e. The molecule has 3 rings (SSSR count). The monoisotopic (exact) mass is 258 g/mol. The first-order valence-corrected chi connectivity index (χ1v) is 7.42. The van der Waals surface area contributed by atoms with Gasteiger partial charge in [-0.15, -0.1) is 12.4 Å². The molecule has 3 heteroatoms. The van der Waals surface area contributed by atoms with Crippen molar-refractivity contribution in [2.24, 2.45) is 0 Å². The zero-order valence-electron chi connectivity index (χ0n) is 10.9. The number of nitrogens with one attached hydrogen (secondary N) is 1. The van der Waals surface area contributed by atoms with Crippen LogP contribution in [0, 0.1) is 0 Å². The summed E-state index contributed by atoms with van der Waals surface area (Å²) >= 11 is 0. The Labute approximate surface area is 112 Å². The molecule has 0 amide bonds. The Bertz CT molecular complexity index is 222. The van der Waals surface area contributed by atoms with E-state index in [-0.39, 0.29) is 12.4 Å². The number of rotatable bonds is 3. The van der Waals surface area contributed by atoms with Crippen molar-refractivity contribution in [3.63, 3.8) is 0 Å². The van der Waals surface area contributed by atoms with Gasteiger partial charge >= 0.3 is 0 Å². The van der Waals surface area contributed by atoms with Crippen molar-refractivity contribution in [2.75, 3.05) is 13.1 Å². The first-order valence-electron chi connectivity index (χ1n) is 7.42. The van der Waals surface area contributed by atoms with Gasteiger partial charge in [-0.3, -0.25) is 4.90 Å². The summed E-state index contributed by atoms with van der Waals surface area (Å²) in [7, 11) is 0. The predicted molar refractivity (Wildman–Crippen MR) is 74.9 cm³/mol. The highest BCUT2D eigenvalue weighted by Gasteiger charge is 2.31. The molecule has 0 aromatic heterocycles. The molecule has 1 saturated heterocycles. The zero-order valence-corrected chi connectivity index (χ0v) is 11.7. The molecular formula is C14H27ClN2. The van der Waals surface area contributed by atoms with Crippen LogP contribution < -0.4 is 5.32 Å². The standard InChI is InChI=1S/C14H26N2.ClH/c1-2-6-12(5-1)15-13-9-10-16(11-13)14-7-3-4-8-14;/h12-15H,1-11H2;1H. The lowest BCUT2D eigenvalue weighted by atomic mass is 10.2. The van der Waals surface area contributed by atoms with Crippen molar-refractivity contribution >= 4 is 12.4 Å². The second kappa shape index (κ2) is 6.40. The van der Waals surface area contributed by atoms with Crippen molar-refractivity contribution < 1.29 is 0 Å². The Hall–Kier alpha value is 0.210. The van der Waals surface area contributed by atoms with Crippen LogP contribution in [0.25, 0.3) is 0 Å².